The van der Waals surface area contributed by atoms with E-state index in [1.54, 1.807) is 14.2 Å². The molecule has 0 unspecified atom stereocenters. The van der Waals surface area contributed by atoms with Crippen LogP contribution in [0, 0.1) is 0 Å². The minimum absolute atomic E-state index is 0.670. The number of aliphatic imine (C=N–C) groups is 1. The van der Waals surface area contributed by atoms with E-state index in [2.05, 4.69) is 22.2 Å². The van der Waals surface area contributed by atoms with Crippen molar-refractivity contribution in [1.29, 1.82) is 0 Å². The number of nitrogens with zero attached hydrogens (tertiary/aromatic N) is 2. The van der Waals surface area contributed by atoms with Crippen molar-refractivity contribution in [2.24, 2.45) is 4.99 Å². The molecule has 0 aliphatic carbocycles. The highest BCUT2D eigenvalue weighted by Crippen LogP contribution is 2.34. The quantitative estimate of drug-likeness (QED) is 0.306. The minimum atomic E-state index is 0.670. The molecular weight excluding hydrogens is 350 g/mol. The molecule has 0 saturated heterocycles. The molecular formula is C23H22N3O2+. The fourth-order valence-corrected chi connectivity index (χ4v) is 3.49. The van der Waals surface area contributed by atoms with Crippen LogP contribution in [0.1, 0.15) is 5.56 Å². The van der Waals surface area contributed by atoms with Gasteiger partial charge in [0.25, 0.3) is 0 Å². The zero-order valence-electron chi connectivity index (χ0n) is 16.0. The molecule has 0 fully saturated rings. The minimum Gasteiger partial charge on any atom is -0.496 e. The van der Waals surface area contributed by atoms with Crippen LogP contribution in [0.4, 0.5) is 5.95 Å². The number of hydrogen-bond donors (Lipinski definition) is 1. The van der Waals surface area contributed by atoms with E-state index in [4.69, 9.17) is 14.5 Å². The summed E-state index contributed by atoms with van der Waals surface area (Å²) in [6.45, 7) is 4.54. The third-order valence-corrected chi connectivity index (χ3v) is 4.77. The second-order valence-corrected chi connectivity index (χ2v) is 6.36. The van der Waals surface area contributed by atoms with Crippen molar-refractivity contribution in [2.75, 3.05) is 14.2 Å². The van der Waals surface area contributed by atoms with Crippen molar-refractivity contribution < 1.29 is 14.0 Å². The summed E-state index contributed by atoms with van der Waals surface area (Å²) in [6.07, 6.45) is 3.72. The number of aromatic amines is 1. The van der Waals surface area contributed by atoms with Crippen LogP contribution in [0.2, 0.25) is 0 Å². The highest BCUT2D eigenvalue weighted by Gasteiger charge is 2.16. The first-order chi connectivity index (χ1) is 13.8. The first kappa shape index (κ1) is 17.8. The summed E-state index contributed by atoms with van der Waals surface area (Å²) in [5.41, 5.74) is 3.08. The van der Waals surface area contributed by atoms with Gasteiger partial charge in [0.2, 0.25) is 0 Å². The van der Waals surface area contributed by atoms with Gasteiger partial charge in [-0.15, -0.1) is 0 Å². The third-order valence-electron chi connectivity index (χ3n) is 4.77. The molecule has 0 saturated carbocycles. The third kappa shape index (κ3) is 3.01. The highest BCUT2D eigenvalue weighted by molar-refractivity contribution is 6.06. The molecule has 140 valence electrons. The Morgan fingerprint density at radius 1 is 1.00 bits per heavy atom. The molecule has 0 atom stereocenters. The smallest absolute Gasteiger partial charge is 0.397 e. The lowest BCUT2D eigenvalue weighted by atomic mass is 10.0. The van der Waals surface area contributed by atoms with Crippen molar-refractivity contribution in [3.05, 3.63) is 72.8 Å². The molecule has 0 amide bonds. The highest BCUT2D eigenvalue weighted by atomic mass is 16.5. The van der Waals surface area contributed by atoms with Crippen LogP contribution in [0.5, 0.6) is 11.5 Å². The Balaban J connectivity index is 1.87. The monoisotopic (exact) mass is 372 g/mol. The van der Waals surface area contributed by atoms with Crippen LogP contribution < -0.4 is 14.0 Å². The molecule has 1 N–H and O–H groups in total. The fraction of sp³-hybridized carbons (Fsp3) is 0.130. The van der Waals surface area contributed by atoms with Crippen molar-refractivity contribution in [2.45, 2.75) is 6.54 Å². The SMILES string of the molecule is C=CC[n+]1c(N=Cc2ccc(OC)c3cccc(OC)c23)[nH]c2ccccc21. The van der Waals surface area contributed by atoms with Gasteiger partial charge in [0, 0.05) is 16.3 Å². The Kier molecular flexibility index (Phi) is 4.81. The number of hydrogen-bond acceptors (Lipinski definition) is 3. The number of rotatable bonds is 6. The molecule has 0 aliphatic heterocycles. The maximum Gasteiger partial charge on any atom is 0.397 e. The normalized spacial score (nSPS) is 11.4. The largest absolute Gasteiger partial charge is 0.496 e. The van der Waals surface area contributed by atoms with Gasteiger partial charge >= 0.3 is 5.95 Å². The van der Waals surface area contributed by atoms with E-state index in [0.29, 0.717) is 6.54 Å². The molecule has 1 heterocycles. The molecule has 5 heteroatoms. The number of fused-ring (bicyclic) bond motifs is 2. The van der Waals surface area contributed by atoms with E-state index in [1.165, 1.54) is 0 Å². The summed E-state index contributed by atoms with van der Waals surface area (Å²) in [6, 6.07) is 18.0. The fourth-order valence-electron chi connectivity index (χ4n) is 3.49. The zero-order valence-corrected chi connectivity index (χ0v) is 16.0. The number of para-hydroxylation sites is 2. The Labute approximate surface area is 163 Å². The summed E-state index contributed by atoms with van der Waals surface area (Å²) in [5.74, 6) is 2.35. The standard InChI is InChI=1S/C23H21N3O2/c1-4-14-26-19-10-6-5-9-18(19)25-23(26)24-15-16-12-13-20(27-2)17-8-7-11-21(28-3)22(16)17/h4-13,15H,1,14H2,2-3H3/p+1. The van der Waals surface area contributed by atoms with E-state index < -0.39 is 0 Å². The van der Waals surface area contributed by atoms with Crippen molar-refractivity contribution in [3.8, 4) is 11.5 Å². The zero-order chi connectivity index (χ0) is 19.5. The molecule has 4 rings (SSSR count). The van der Waals surface area contributed by atoms with Gasteiger partial charge in [-0.2, -0.15) is 0 Å². The van der Waals surface area contributed by atoms with Gasteiger partial charge in [-0.3, -0.25) is 0 Å². The van der Waals surface area contributed by atoms with Gasteiger partial charge in [0.05, 0.1) is 20.8 Å². The molecule has 0 radical (unpaired) electrons. The number of nitrogens with one attached hydrogen (secondary N) is 1. The van der Waals surface area contributed by atoms with Crippen LogP contribution in [0.15, 0.2) is 72.2 Å². The Bertz CT molecular complexity index is 1190. The lowest BCUT2D eigenvalue weighted by Crippen LogP contribution is -2.31. The predicted molar refractivity (Wildman–Crippen MR) is 113 cm³/mol. The first-order valence-corrected chi connectivity index (χ1v) is 9.06. The summed E-state index contributed by atoms with van der Waals surface area (Å²) in [7, 11) is 3.34. The lowest BCUT2D eigenvalue weighted by Gasteiger charge is -2.10. The van der Waals surface area contributed by atoms with Crippen molar-refractivity contribution in [1.82, 2.24) is 4.98 Å². The Hall–Kier alpha value is -3.60. The maximum absolute atomic E-state index is 5.59. The summed E-state index contributed by atoms with van der Waals surface area (Å²) < 4.78 is 13.2. The van der Waals surface area contributed by atoms with Crippen LogP contribution in [0.25, 0.3) is 21.8 Å². The van der Waals surface area contributed by atoms with E-state index in [1.807, 2.05) is 60.8 Å². The Morgan fingerprint density at radius 3 is 2.61 bits per heavy atom. The van der Waals surface area contributed by atoms with Crippen LogP contribution in [-0.4, -0.2) is 25.4 Å². The number of H-pyrrole nitrogens is 1. The summed E-state index contributed by atoms with van der Waals surface area (Å²) in [4.78, 5) is 8.13. The number of allylic oxidation sites excluding steroid dienone is 1. The second-order valence-electron chi connectivity index (χ2n) is 6.36. The lowest BCUT2D eigenvalue weighted by molar-refractivity contribution is -0.647. The van der Waals surface area contributed by atoms with Crippen LogP contribution >= 0.6 is 0 Å². The molecule has 0 aliphatic rings. The maximum atomic E-state index is 5.59. The van der Waals surface area contributed by atoms with E-state index in [-0.39, 0.29) is 0 Å². The van der Waals surface area contributed by atoms with Gasteiger partial charge < -0.3 is 9.47 Å². The number of methoxy groups -OCH3 is 2. The number of imidazole rings is 1. The van der Waals surface area contributed by atoms with Crippen LogP contribution in [0.3, 0.4) is 0 Å². The number of aromatic nitrogens is 2. The van der Waals surface area contributed by atoms with E-state index in [9.17, 15) is 0 Å². The molecule has 0 spiro atoms. The van der Waals surface area contributed by atoms with Gasteiger partial charge in [-0.1, -0.05) is 41.9 Å². The molecule has 1 aromatic heterocycles. The first-order valence-electron chi connectivity index (χ1n) is 9.06. The van der Waals surface area contributed by atoms with E-state index >= 15 is 0 Å². The van der Waals surface area contributed by atoms with Gasteiger partial charge in [0.15, 0.2) is 0 Å². The van der Waals surface area contributed by atoms with Crippen molar-refractivity contribution in [3.63, 3.8) is 0 Å². The second kappa shape index (κ2) is 7.56. The van der Waals surface area contributed by atoms with Crippen molar-refractivity contribution >= 4 is 34.0 Å². The molecule has 5 nitrogen and oxygen atoms in total. The number of benzene rings is 3. The topological polar surface area (TPSA) is 50.5 Å². The van der Waals surface area contributed by atoms with Crippen LogP contribution in [-0.2, 0) is 6.54 Å². The van der Waals surface area contributed by atoms with Gasteiger partial charge in [-0.05, 0) is 30.3 Å². The summed E-state index contributed by atoms with van der Waals surface area (Å²) in [5, 5.41) is 1.96. The van der Waals surface area contributed by atoms with Gasteiger partial charge in [0.1, 0.15) is 28.7 Å². The van der Waals surface area contributed by atoms with Gasteiger partial charge in [-0.25, -0.2) is 9.55 Å². The summed E-state index contributed by atoms with van der Waals surface area (Å²) >= 11 is 0. The molecule has 28 heavy (non-hydrogen) atoms. The number of ether oxygens (including phenoxy) is 2. The molecule has 0 bridgehead atoms. The molecule has 3 aromatic carbocycles. The molecule has 4 aromatic rings. The average molecular weight is 372 g/mol. The van der Waals surface area contributed by atoms with E-state index in [0.717, 1.165) is 44.8 Å². The Morgan fingerprint density at radius 2 is 1.82 bits per heavy atom. The predicted octanol–water partition coefficient (Wildman–Crippen LogP) is 4.56. The average Bonchev–Trinajstić information content (AvgIpc) is 3.09.